The van der Waals surface area contributed by atoms with Crippen LogP contribution in [0.15, 0.2) is 91.8 Å². The van der Waals surface area contributed by atoms with Crippen molar-refractivity contribution in [3.63, 3.8) is 0 Å². The highest BCUT2D eigenvalue weighted by molar-refractivity contribution is 7.91. The first-order valence-corrected chi connectivity index (χ1v) is 11.2. The Labute approximate surface area is 188 Å². The Kier molecular flexibility index (Phi) is 5.73. The lowest BCUT2D eigenvalue weighted by Gasteiger charge is -2.08. The summed E-state index contributed by atoms with van der Waals surface area (Å²) in [5.41, 5.74) is -0.0209. The van der Waals surface area contributed by atoms with Gasteiger partial charge in [0.15, 0.2) is 4.90 Å². The first-order valence-electron chi connectivity index (χ1n) is 9.32. The summed E-state index contributed by atoms with van der Waals surface area (Å²) in [7, 11) is -2.60. The number of benzene rings is 3. The smallest absolute Gasteiger partial charge is 0.355 e. The molecule has 4 aromatic rings. The normalized spacial score (nSPS) is 11.3. The first-order chi connectivity index (χ1) is 15.3. The number of halogens is 1. The number of rotatable bonds is 5. The summed E-state index contributed by atoms with van der Waals surface area (Å²) in [5, 5.41) is 3.40. The zero-order chi connectivity index (χ0) is 22.9. The summed E-state index contributed by atoms with van der Waals surface area (Å²) in [6, 6.07) is 17.8. The topological polar surface area (TPSA) is 103 Å². The van der Waals surface area contributed by atoms with Gasteiger partial charge in [-0.25, -0.2) is 13.2 Å². The Bertz CT molecular complexity index is 1480. The summed E-state index contributed by atoms with van der Waals surface area (Å²) in [6.45, 7) is 0. The second-order valence-electron chi connectivity index (χ2n) is 6.79. The van der Waals surface area contributed by atoms with Gasteiger partial charge < -0.3 is 14.5 Å². The van der Waals surface area contributed by atoms with Crippen LogP contribution >= 0.6 is 11.6 Å². The number of nitrogens with one attached hydrogen (secondary N) is 1. The van der Waals surface area contributed by atoms with Gasteiger partial charge in [0.1, 0.15) is 11.3 Å². The number of fused-ring (bicyclic) bond motifs is 1. The van der Waals surface area contributed by atoms with Crippen molar-refractivity contribution in [2.75, 3.05) is 12.4 Å². The Morgan fingerprint density at radius 2 is 1.66 bits per heavy atom. The second kappa shape index (κ2) is 8.49. The molecule has 9 heteroatoms. The fourth-order valence-electron chi connectivity index (χ4n) is 3.05. The molecule has 0 aliphatic carbocycles. The average Bonchev–Trinajstić information content (AvgIpc) is 2.79. The van der Waals surface area contributed by atoms with Crippen molar-refractivity contribution in [3.8, 4) is 5.75 Å². The lowest BCUT2D eigenvalue weighted by molar-refractivity contribution is 0.102. The second-order valence-corrected chi connectivity index (χ2v) is 9.15. The molecule has 0 unspecified atom stereocenters. The van der Waals surface area contributed by atoms with Crippen LogP contribution in [-0.2, 0) is 9.84 Å². The van der Waals surface area contributed by atoms with Crippen LogP contribution in [-0.4, -0.2) is 21.4 Å². The van der Waals surface area contributed by atoms with Gasteiger partial charge in [-0.05, 0) is 72.8 Å². The highest BCUT2D eigenvalue weighted by atomic mass is 35.5. The van der Waals surface area contributed by atoms with Crippen molar-refractivity contribution in [3.05, 3.63) is 93.8 Å². The summed E-state index contributed by atoms with van der Waals surface area (Å²) in [5.74, 6) is 0.239. The maximum Gasteiger partial charge on any atom is 0.355 e. The van der Waals surface area contributed by atoms with E-state index < -0.39 is 26.3 Å². The highest BCUT2D eigenvalue weighted by Gasteiger charge is 2.23. The molecule has 0 fully saturated rings. The summed E-state index contributed by atoms with van der Waals surface area (Å²) >= 11 is 5.82. The summed E-state index contributed by atoms with van der Waals surface area (Å²) in [6.07, 6.45) is 0. The van der Waals surface area contributed by atoms with Crippen LogP contribution in [0, 0.1) is 0 Å². The quantitative estimate of drug-likeness (QED) is 0.430. The van der Waals surface area contributed by atoms with Crippen LogP contribution in [0.2, 0.25) is 5.02 Å². The van der Waals surface area contributed by atoms with Crippen LogP contribution < -0.4 is 15.7 Å². The van der Waals surface area contributed by atoms with Gasteiger partial charge in [0.2, 0.25) is 9.84 Å². The highest BCUT2D eigenvalue weighted by Crippen LogP contribution is 2.24. The Balaban J connectivity index is 1.70. The van der Waals surface area contributed by atoms with Gasteiger partial charge in [-0.2, -0.15) is 0 Å². The molecule has 0 radical (unpaired) electrons. The van der Waals surface area contributed by atoms with E-state index in [9.17, 15) is 18.0 Å². The van der Waals surface area contributed by atoms with E-state index >= 15 is 0 Å². The molecule has 1 N–H and O–H groups in total. The van der Waals surface area contributed by atoms with Gasteiger partial charge in [-0.15, -0.1) is 0 Å². The lowest BCUT2D eigenvalue weighted by Crippen LogP contribution is -2.15. The summed E-state index contributed by atoms with van der Waals surface area (Å²) < 4.78 is 36.1. The predicted octanol–water partition coefficient (Wildman–Crippen LogP) is 4.54. The molecule has 0 bridgehead atoms. The van der Waals surface area contributed by atoms with Crippen LogP contribution in [0.4, 0.5) is 5.69 Å². The fourth-order valence-corrected chi connectivity index (χ4v) is 4.47. The molecule has 4 rings (SSSR count). The fraction of sp³-hybridized carbons (Fsp3) is 0.0435. The third kappa shape index (κ3) is 4.23. The van der Waals surface area contributed by atoms with E-state index in [1.165, 1.54) is 48.5 Å². The zero-order valence-corrected chi connectivity index (χ0v) is 18.2. The van der Waals surface area contributed by atoms with Gasteiger partial charge in [0.25, 0.3) is 5.91 Å². The van der Waals surface area contributed by atoms with E-state index in [1.54, 1.807) is 31.4 Å². The molecule has 0 aliphatic rings. The molecule has 0 spiro atoms. The molecule has 1 aromatic heterocycles. The van der Waals surface area contributed by atoms with E-state index in [-0.39, 0.29) is 16.0 Å². The van der Waals surface area contributed by atoms with Crippen LogP contribution in [0.3, 0.4) is 0 Å². The van der Waals surface area contributed by atoms with Gasteiger partial charge in [-0.3, -0.25) is 4.79 Å². The molecule has 1 amide bonds. The summed E-state index contributed by atoms with van der Waals surface area (Å²) in [4.78, 5) is 24.4. The molecule has 0 saturated carbocycles. The predicted molar refractivity (Wildman–Crippen MR) is 120 cm³/mol. The molecule has 32 heavy (non-hydrogen) atoms. The molecule has 1 heterocycles. The molecule has 7 nitrogen and oxygen atoms in total. The molecule has 0 aliphatic heterocycles. The molecular weight excluding hydrogens is 454 g/mol. The zero-order valence-electron chi connectivity index (χ0n) is 16.7. The van der Waals surface area contributed by atoms with Crippen molar-refractivity contribution in [2.24, 2.45) is 0 Å². The maximum absolute atomic E-state index is 12.9. The molecule has 0 atom stereocenters. The molecule has 3 aromatic carbocycles. The van der Waals surface area contributed by atoms with Gasteiger partial charge in [0.05, 0.1) is 12.0 Å². The number of methoxy groups -OCH3 is 1. The van der Waals surface area contributed by atoms with Crippen molar-refractivity contribution in [2.45, 2.75) is 9.79 Å². The standard InChI is InChI=1S/C23H16ClNO6S/c1-30-18-7-5-17(6-8-18)25-22(26)14-2-11-20-15(12-14)13-21(23(27)31-20)32(28,29)19-9-3-16(24)4-10-19/h2-13H,1H3,(H,25,26). The molecule has 162 valence electrons. The van der Waals surface area contributed by atoms with Gasteiger partial charge in [-0.1, -0.05) is 11.6 Å². The van der Waals surface area contributed by atoms with Gasteiger partial charge in [0, 0.05) is 21.7 Å². The van der Waals surface area contributed by atoms with Crippen molar-refractivity contribution < 1.29 is 22.4 Å². The first kappa shape index (κ1) is 21.6. The Morgan fingerprint density at radius 1 is 0.969 bits per heavy atom. The van der Waals surface area contributed by atoms with E-state index in [1.807, 2.05) is 0 Å². The Morgan fingerprint density at radius 3 is 2.31 bits per heavy atom. The number of hydrogen-bond donors (Lipinski definition) is 1. The number of hydrogen-bond acceptors (Lipinski definition) is 6. The number of carbonyl (C=O) groups excluding carboxylic acids is 1. The van der Waals surface area contributed by atoms with Crippen LogP contribution in [0.1, 0.15) is 10.4 Å². The van der Waals surface area contributed by atoms with Crippen molar-refractivity contribution in [1.82, 2.24) is 0 Å². The SMILES string of the molecule is COc1ccc(NC(=O)c2ccc3oc(=O)c(S(=O)(=O)c4ccc(Cl)cc4)cc3c2)cc1. The molecular formula is C23H16ClNO6S. The number of anilines is 1. The number of amides is 1. The van der Waals surface area contributed by atoms with E-state index in [0.717, 1.165) is 0 Å². The maximum atomic E-state index is 12.9. The number of carbonyl (C=O) groups is 1. The van der Waals surface area contributed by atoms with E-state index in [4.69, 9.17) is 20.8 Å². The third-order valence-corrected chi connectivity index (χ3v) is 6.73. The van der Waals surface area contributed by atoms with Crippen molar-refractivity contribution in [1.29, 1.82) is 0 Å². The van der Waals surface area contributed by atoms with Crippen molar-refractivity contribution >= 4 is 44.0 Å². The number of sulfone groups is 1. The Hall–Kier alpha value is -3.62. The van der Waals surface area contributed by atoms with Crippen LogP contribution in [0.25, 0.3) is 11.0 Å². The minimum atomic E-state index is -4.14. The minimum Gasteiger partial charge on any atom is -0.497 e. The van der Waals surface area contributed by atoms with E-state index in [0.29, 0.717) is 21.8 Å². The average molecular weight is 470 g/mol. The largest absolute Gasteiger partial charge is 0.497 e. The lowest BCUT2D eigenvalue weighted by atomic mass is 10.1. The van der Waals surface area contributed by atoms with Crippen LogP contribution in [0.5, 0.6) is 5.75 Å². The van der Waals surface area contributed by atoms with Gasteiger partial charge >= 0.3 is 5.63 Å². The third-order valence-electron chi connectivity index (χ3n) is 4.72. The monoisotopic (exact) mass is 469 g/mol. The molecule has 0 saturated heterocycles. The number of ether oxygens (including phenoxy) is 1. The minimum absolute atomic E-state index is 0.0954. The van der Waals surface area contributed by atoms with E-state index in [2.05, 4.69) is 5.32 Å².